The Hall–Kier alpha value is -2.28. The Morgan fingerprint density at radius 2 is 2.00 bits per heavy atom. The van der Waals surface area contributed by atoms with Crippen molar-refractivity contribution in [3.05, 3.63) is 29.8 Å². The van der Waals surface area contributed by atoms with Crippen LogP contribution in [0.4, 0.5) is 0 Å². The minimum Gasteiger partial charge on any atom is -0.352 e. The molecule has 1 amide bonds. The summed E-state index contributed by atoms with van der Waals surface area (Å²) >= 11 is 0. The summed E-state index contributed by atoms with van der Waals surface area (Å²) in [5.74, 6) is 0.865. The van der Waals surface area contributed by atoms with E-state index in [0.717, 1.165) is 37.1 Å². The van der Waals surface area contributed by atoms with Crippen LogP contribution < -0.4 is 10.6 Å². The summed E-state index contributed by atoms with van der Waals surface area (Å²) in [6.07, 6.45) is 1.84. The lowest BCUT2D eigenvalue weighted by Crippen LogP contribution is -2.37. The van der Waals surface area contributed by atoms with E-state index in [4.69, 9.17) is 0 Å². The van der Waals surface area contributed by atoms with Crippen LogP contribution in [0.15, 0.2) is 24.3 Å². The number of amides is 1. The smallest absolute Gasteiger partial charge is 0.223 e. The normalized spacial score (nSPS) is 15.8. The number of aromatic nitrogens is 4. The van der Waals surface area contributed by atoms with Crippen molar-refractivity contribution in [2.24, 2.45) is 5.92 Å². The molecule has 1 saturated heterocycles. The second-order valence-corrected chi connectivity index (χ2v) is 5.17. The number of carbonyl (C=O) groups is 1. The SMILES string of the molecule is O=C(NCc1ccc(-c2nn[nH]n2)cc1)C1CCNCC1. The third-order valence-electron chi connectivity index (χ3n) is 3.73. The Bertz CT molecular complexity index is 574. The molecule has 0 bridgehead atoms. The van der Waals surface area contributed by atoms with E-state index in [9.17, 15) is 4.79 Å². The fourth-order valence-electron chi connectivity index (χ4n) is 2.47. The first kappa shape index (κ1) is 13.7. The fraction of sp³-hybridized carbons (Fsp3) is 0.429. The first-order valence-corrected chi connectivity index (χ1v) is 7.14. The van der Waals surface area contributed by atoms with E-state index in [1.807, 2.05) is 24.3 Å². The number of H-pyrrole nitrogens is 1. The third kappa shape index (κ3) is 3.43. The highest BCUT2D eigenvalue weighted by molar-refractivity contribution is 5.78. The largest absolute Gasteiger partial charge is 0.352 e. The molecule has 110 valence electrons. The van der Waals surface area contributed by atoms with Gasteiger partial charge < -0.3 is 10.6 Å². The highest BCUT2D eigenvalue weighted by Crippen LogP contribution is 2.15. The highest BCUT2D eigenvalue weighted by atomic mass is 16.1. The molecule has 2 heterocycles. The molecule has 1 fully saturated rings. The van der Waals surface area contributed by atoms with Crippen molar-refractivity contribution in [1.82, 2.24) is 31.3 Å². The van der Waals surface area contributed by atoms with Gasteiger partial charge in [0.25, 0.3) is 0 Å². The lowest BCUT2D eigenvalue weighted by atomic mass is 9.97. The summed E-state index contributed by atoms with van der Waals surface area (Å²) in [5, 5.41) is 20.1. The predicted molar refractivity (Wildman–Crippen MR) is 77.1 cm³/mol. The molecular weight excluding hydrogens is 268 g/mol. The number of nitrogens with one attached hydrogen (secondary N) is 3. The van der Waals surface area contributed by atoms with E-state index in [1.165, 1.54) is 0 Å². The molecule has 7 nitrogen and oxygen atoms in total. The average molecular weight is 286 g/mol. The first-order chi connectivity index (χ1) is 10.3. The van der Waals surface area contributed by atoms with E-state index >= 15 is 0 Å². The molecule has 2 aromatic rings. The van der Waals surface area contributed by atoms with Crippen LogP contribution in [0.2, 0.25) is 0 Å². The van der Waals surface area contributed by atoms with Gasteiger partial charge in [0.2, 0.25) is 11.7 Å². The zero-order valence-corrected chi connectivity index (χ0v) is 11.7. The summed E-state index contributed by atoms with van der Waals surface area (Å²) in [5.41, 5.74) is 1.96. The van der Waals surface area contributed by atoms with Crippen LogP contribution in [0.5, 0.6) is 0 Å². The van der Waals surface area contributed by atoms with Crippen molar-refractivity contribution in [3.8, 4) is 11.4 Å². The number of nitrogens with zero attached hydrogens (tertiary/aromatic N) is 3. The van der Waals surface area contributed by atoms with E-state index < -0.39 is 0 Å². The topological polar surface area (TPSA) is 95.6 Å². The molecule has 3 rings (SSSR count). The number of aromatic amines is 1. The van der Waals surface area contributed by atoms with Gasteiger partial charge in [0, 0.05) is 18.0 Å². The zero-order chi connectivity index (χ0) is 14.5. The minimum absolute atomic E-state index is 0.143. The average Bonchev–Trinajstić information content (AvgIpc) is 3.08. The number of hydrogen-bond donors (Lipinski definition) is 3. The van der Waals surface area contributed by atoms with Gasteiger partial charge in [0.1, 0.15) is 0 Å². The Morgan fingerprint density at radius 3 is 2.67 bits per heavy atom. The lowest BCUT2D eigenvalue weighted by molar-refractivity contribution is -0.125. The van der Waals surface area contributed by atoms with Gasteiger partial charge >= 0.3 is 0 Å². The summed E-state index contributed by atoms with van der Waals surface area (Å²) in [6, 6.07) is 7.79. The van der Waals surface area contributed by atoms with Gasteiger partial charge in [-0.05, 0) is 36.7 Å². The molecule has 0 saturated carbocycles. The second kappa shape index (κ2) is 6.45. The maximum atomic E-state index is 12.1. The minimum atomic E-state index is 0.143. The number of tetrazole rings is 1. The van der Waals surface area contributed by atoms with Crippen LogP contribution in [0, 0.1) is 5.92 Å². The van der Waals surface area contributed by atoms with E-state index in [-0.39, 0.29) is 11.8 Å². The molecule has 0 spiro atoms. The van der Waals surface area contributed by atoms with Crippen molar-refractivity contribution >= 4 is 5.91 Å². The summed E-state index contributed by atoms with van der Waals surface area (Å²) < 4.78 is 0. The van der Waals surface area contributed by atoms with Crippen molar-refractivity contribution in [1.29, 1.82) is 0 Å². The molecule has 1 aliphatic heterocycles. The number of hydrogen-bond acceptors (Lipinski definition) is 5. The van der Waals surface area contributed by atoms with Crippen LogP contribution in [-0.4, -0.2) is 39.6 Å². The fourth-order valence-corrected chi connectivity index (χ4v) is 2.47. The molecule has 1 aliphatic rings. The molecule has 0 atom stereocenters. The monoisotopic (exact) mass is 286 g/mol. The highest BCUT2D eigenvalue weighted by Gasteiger charge is 2.20. The molecule has 0 unspecified atom stereocenters. The Morgan fingerprint density at radius 1 is 1.24 bits per heavy atom. The van der Waals surface area contributed by atoms with Crippen molar-refractivity contribution in [2.75, 3.05) is 13.1 Å². The Kier molecular flexibility index (Phi) is 4.20. The van der Waals surface area contributed by atoms with Gasteiger partial charge in [-0.3, -0.25) is 4.79 Å². The van der Waals surface area contributed by atoms with Gasteiger partial charge in [-0.1, -0.05) is 24.3 Å². The van der Waals surface area contributed by atoms with Crippen LogP contribution in [-0.2, 0) is 11.3 Å². The van der Waals surface area contributed by atoms with Crippen LogP contribution >= 0.6 is 0 Å². The van der Waals surface area contributed by atoms with Crippen molar-refractivity contribution < 1.29 is 4.79 Å². The number of piperidine rings is 1. The van der Waals surface area contributed by atoms with Gasteiger partial charge in [-0.25, -0.2) is 0 Å². The predicted octanol–water partition coefficient (Wildman–Crippen LogP) is 0.482. The molecule has 1 aromatic carbocycles. The summed E-state index contributed by atoms with van der Waals surface area (Å²) in [4.78, 5) is 12.1. The number of carbonyl (C=O) groups excluding carboxylic acids is 1. The molecule has 1 aromatic heterocycles. The summed E-state index contributed by atoms with van der Waals surface area (Å²) in [6.45, 7) is 2.41. The van der Waals surface area contributed by atoms with Crippen molar-refractivity contribution in [3.63, 3.8) is 0 Å². The van der Waals surface area contributed by atoms with Crippen molar-refractivity contribution in [2.45, 2.75) is 19.4 Å². The molecule has 21 heavy (non-hydrogen) atoms. The van der Waals surface area contributed by atoms with Gasteiger partial charge in [0.15, 0.2) is 0 Å². The molecule has 7 heteroatoms. The zero-order valence-electron chi connectivity index (χ0n) is 11.7. The quantitative estimate of drug-likeness (QED) is 0.760. The molecular formula is C14H18N6O. The lowest BCUT2D eigenvalue weighted by Gasteiger charge is -2.21. The Labute approximate surface area is 122 Å². The van der Waals surface area contributed by atoms with E-state index in [0.29, 0.717) is 12.4 Å². The second-order valence-electron chi connectivity index (χ2n) is 5.17. The number of rotatable bonds is 4. The van der Waals surface area contributed by atoms with Gasteiger partial charge in [-0.15, -0.1) is 10.2 Å². The third-order valence-corrected chi connectivity index (χ3v) is 3.73. The molecule has 3 N–H and O–H groups in total. The van der Waals surface area contributed by atoms with E-state index in [1.54, 1.807) is 0 Å². The standard InChI is InChI=1S/C14H18N6O/c21-14(12-5-7-15-8-6-12)16-9-10-1-3-11(4-2-10)13-17-19-20-18-13/h1-4,12,15H,5-9H2,(H,16,21)(H,17,18,19,20). The first-order valence-electron chi connectivity index (χ1n) is 7.14. The van der Waals surface area contributed by atoms with Crippen LogP contribution in [0.25, 0.3) is 11.4 Å². The number of benzene rings is 1. The maximum Gasteiger partial charge on any atom is 0.223 e. The van der Waals surface area contributed by atoms with Crippen LogP contribution in [0.3, 0.4) is 0 Å². The molecule has 0 aliphatic carbocycles. The van der Waals surface area contributed by atoms with Gasteiger partial charge in [-0.2, -0.15) is 5.21 Å². The van der Waals surface area contributed by atoms with Gasteiger partial charge in [0.05, 0.1) is 0 Å². The Balaban J connectivity index is 1.54. The molecule has 0 radical (unpaired) electrons. The summed E-state index contributed by atoms with van der Waals surface area (Å²) in [7, 11) is 0. The van der Waals surface area contributed by atoms with E-state index in [2.05, 4.69) is 31.3 Å². The maximum absolute atomic E-state index is 12.1. The van der Waals surface area contributed by atoms with Crippen LogP contribution in [0.1, 0.15) is 18.4 Å².